The average molecular weight is 203 g/mol. The minimum Gasteiger partial charge on any atom is -0.365 e. The summed E-state index contributed by atoms with van der Waals surface area (Å²) in [6.07, 6.45) is 0. The topological polar surface area (TPSA) is 49.7 Å². The Morgan fingerprint density at radius 2 is 1.36 bits per heavy atom. The van der Waals surface area contributed by atoms with Crippen molar-refractivity contribution < 1.29 is 14.9 Å². The second-order valence-corrected chi connectivity index (χ2v) is 3.25. The van der Waals surface area contributed by atoms with Crippen LogP contribution in [0.3, 0.4) is 0 Å². The van der Waals surface area contributed by atoms with Crippen LogP contribution in [-0.4, -0.2) is 33.5 Å². The molecular formula is C6H12Cl2O3. The monoisotopic (exact) mass is 202 g/mol. The van der Waals surface area contributed by atoms with Crippen LogP contribution in [-0.2, 0) is 4.74 Å². The van der Waals surface area contributed by atoms with Gasteiger partial charge in [-0.1, -0.05) is 0 Å². The van der Waals surface area contributed by atoms with Crippen LogP contribution < -0.4 is 0 Å². The summed E-state index contributed by atoms with van der Waals surface area (Å²) in [5, 5.41) is 18.4. The van der Waals surface area contributed by atoms with Gasteiger partial charge in [-0.25, -0.2) is 0 Å². The lowest BCUT2D eigenvalue weighted by molar-refractivity contribution is -0.300. The van der Waals surface area contributed by atoms with Gasteiger partial charge in [0.15, 0.2) is 11.6 Å². The predicted octanol–water partition coefficient (Wildman–Crippen LogP) is 0.898. The lowest BCUT2D eigenvalue weighted by Gasteiger charge is -2.30. The van der Waals surface area contributed by atoms with Gasteiger partial charge in [0.1, 0.15) is 0 Å². The molecule has 0 aromatic heterocycles. The summed E-state index contributed by atoms with van der Waals surface area (Å²) in [5.74, 6) is -3.33. The van der Waals surface area contributed by atoms with Crippen molar-refractivity contribution in [2.75, 3.05) is 11.8 Å². The number of hydrogen-bond donors (Lipinski definition) is 2. The fraction of sp³-hybridized carbons (Fsp3) is 1.00. The van der Waals surface area contributed by atoms with Gasteiger partial charge in [0.25, 0.3) is 0 Å². The van der Waals surface area contributed by atoms with E-state index < -0.39 is 11.6 Å². The van der Waals surface area contributed by atoms with Crippen molar-refractivity contribution in [3.63, 3.8) is 0 Å². The molecule has 0 aromatic carbocycles. The van der Waals surface area contributed by atoms with E-state index in [4.69, 9.17) is 27.9 Å². The maximum Gasteiger partial charge on any atom is 0.179 e. The molecule has 2 unspecified atom stereocenters. The minimum absolute atomic E-state index is 0.125. The molecule has 0 aliphatic carbocycles. The van der Waals surface area contributed by atoms with Crippen molar-refractivity contribution >= 4 is 23.2 Å². The molecule has 0 heterocycles. The molecule has 0 aliphatic heterocycles. The van der Waals surface area contributed by atoms with Gasteiger partial charge in [-0.2, -0.15) is 0 Å². The molecule has 0 amide bonds. The fourth-order valence-electron chi connectivity index (χ4n) is 0.528. The van der Waals surface area contributed by atoms with Crippen LogP contribution in [0.4, 0.5) is 0 Å². The first-order valence-electron chi connectivity index (χ1n) is 3.10. The molecule has 0 spiro atoms. The van der Waals surface area contributed by atoms with Crippen LogP contribution >= 0.6 is 23.2 Å². The van der Waals surface area contributed by atoms with Crippen molar-refractivity contribution in [2.45, 2.75) is 25.4 Å². The van der Waals surface area contributed by atoms with Crippen molar-refractivity contribution in [3.05, 3.63) is 0 Å². The highest BCUT2D eigenvalue weighted by molar-refractivity contribution is 6.18. The Balaban J connectivity index is 4.02. The van der Waals surface area contributed by atoms with E-state index in [2.05, 4.69) is 0 Å². The van der Waals surface area contributed by atoms with E-state index in [0.29, 0.717) is 0 Å². The van der Waals surface area contributed by atoms with Gasteiger partial charge in [-0.15, -0.1) is 23.2 Å². The normalized spacial score (nSPS) is 22.4. The third-order valence-electron chi connectivity index (χ3n) is 0.936. The molecule has 5 heteroatoms. The van der Waals surface area contributed by atoms with Crippen LogP contribution in [0.25, 0.3) is 0 Å². The summed E-state index contributed by atoms with van der Waals surface area (Å²) >= 11 is 10.7. The zero-order chi connectivity index (χ0) is 9.12. The van der Waals surface area contributed by atoms with Crippen molar-refractivity contribution in [1.82, 2.24) is 0 Å². The largest absolute Gasteiger partial charge is 0.365 e. The zero-order valence-corrected chi connectivity index (χ0v) is 7.98. The van der Waals surface area contributed by atoms with Crippen LogP contribution in [0.2, 0.25) is 0 Å². The number of aliphatic hydroxyl groups is 2. The van der Waals surface area contributed by atoms with Gasteiger partial charge in [-0.3, -0.25) is 0 Å². The molecule has 0 fully saturated rings. The molecule has 2 N–H and O–H groups in total. The average Bonchev–Trinajstić information content (AvgIpc) is 1.86. The zero-order valence-electron chi connectivity index (χ0n) is 6.47. The molecule has 0 saturated carbocycles. The standard InChI is InChI=1S/C6H12Cl2O3/c1-5(9,3-7)11-6(2,10)4-8/h9-10H,3-4H2,1-2H3. The summed E-state index contributed by atoms with van der Waals surface area (Å²) in [7, 11) is 0. The SMILES string of the molecule is CC(O)(CCl)OC(C)(O)CCl. The highest BCUT2D eigenvalue weighted by Gasteiger charge is 2.31. The number of rotatable bonds is 4. The Morgan fingerprint density at radius 3 is 1.55 bits per heavy atom. The Morgan fingerprint density at radius 1 is 1.09 bits per heavy atom. The van der Waals surface area contributed by atoms with E-state index in [1.54, 1.807) is 0 Å². The Labute approximate surface area is 75.9 Å². The molecule has 68 valence electrons. The summed E-state index contributed by atoms with van der Waals surface area (Å²) in [5.41, 5.74) is 0. The molecule has 0 aliphatic rings. The van der Waals surface area contributed by atoms with Crippen molar-refractivity contribution in [2.24, 2.45) is 0 Å². The first-order valence-corrected chi connectivity index (χ1v) is 4.17. The lowest BCUT2D eigenvalue weighted by Crippen LogP contribution is -2.43. The van der Waals surface area contributed by atoms with Crippen molar-refractivity contribution in [3.8, 4) is 0 Å². The van der Waals surface area contributed by atoms with Crippen molar-refractivity contribution in [1.29, 1.82) is 0 Å². The molecular weight excluding hydrogens is 191 g/mol. The van der Waals surface area contributed by atoms with Gasteiger partial charge in [0.05, 0.1) is 11.8 Å². The van der Waals surface area contributed by atoms with Gasteiger partial charge in [0, 0.05) is 0 Å². The Kier molecular flexibility index (Phi) is 4.08. The molecule has 0 aromatic rings. The van der Waals surface area contributed by atoms with E-state index in [9.17, 15) is 10.2 Å². The van der Waals surface area contributed by atoms with E-state index in [1.807, 2.05) is 0 Å². The molecule has 0 radical (unpaired) electrons. The van der Waals surface area contributed by atoms with Gasteiger partial charge in [0.2, 0.25) is 0 Å². The highest BCUT2D eigenvalue weighted by Crippen LogP contribution is 2.18. The Bertz CT molecular complexity index is 111. The van der Waals surface area contributed by atoms with E-state index >= 15 is 0 Å². The number of ether oxygens (including phenoxy) is 1. The number of hydrogen-bond acceptors (Lipinski definition) is 3. The minimum atomic E-state index is -1.54. The second kappa shape index (κ2) is 3.92. The van der Waals surface area contributed by atoms with E-state index in [1.165, 1.54) is 13.8 Å². The van der Waals surface area contributed by atoms with Crippen LogP contribution in [0.15, 0.2) is 0 Å². The summed E-state index contributed by atoms with van der Waals surface area (Å²) < 4.78 is 4.77. The summed E-state index contributed by atoms with van der Waals surface area (Å²) in [4.78, 5) is 0. The Hall–Kier alpha value is 0.460. The van der Waals surface area contributed by atoms with E-state index in [-0.39, 0.29) is 11.8 Å². The third-order valence-corrected chi connectivity index (χ3v) is 1.93. The molecule has 0 saturated heterocycles. The number of alkyl halides is 2. The quantitative estimate of drug-likeness (QED) is 0.527. The first-order chi connectivity index (χ1) is 4.83. The molecule has 2 atom stereocenters. The third kappa shape index (κ3) is 4.82. The van der Waals surface area contributed by atoms with Crippen LogP contribution in [0, 0.1) is 0 Å². The molecule has 11 heavy (non-hydrogen) atoms. The smallest absolute Gasteiger partial charge is 0.179 e. The van der Waals surface area contributed by atoms with Gasteiger partial charge in [-0.05, 0) is 13.8 Å². The fourth-order valence-corrected chi connectivity index (χ4v) is 0.637. The second-order valence-electron chi connectivity index (χ2n) is 2.72. The summed E-state index contributed by atoms with van der Waals surface area (Å²) in [6.45, 7) is 2.70. The first kappa shape index (κ1) is 11.5. The predicted molar refractivity (Wildman–Crippen MR) is 43.8 cm³/mol. The van der Waals surface area contributed by atoms with Gasteiger partial charge < -0.3 is 14.9 Å². The van der Waals surface area contributed by atoms with Crippen LogP contribution in [0.5, 0.6) is 0 Å². The highest BCUT2D eigenvalue weighted by atomic mass is 35.5. The summed E-state index contributed by atoms with van der Waals surface area (Å²) in [6, 6.07) is 0. The lowest BCUT2D eigenvalue weighted by atomic mass is 10.3. The van der Waals surface area contributed by atoms with Crippen LogP contribution in [0.1, 0.15) is 13.8 Å². The maximum atomic E-state index is 9.22. The van der Waals surface area contributed by atoms with E-state index in [0.717, 1.165) is 0 Å². The van der Waals surface area contributed by atoms with Gasteiger partial charge >= 0.3 is 0 Å². The number of halogens is 2. The molecule has 3 nitrogen and oxygen atoms in total. The maximum absolute atomic E-state index is 9.22. The molecule has 0 bridgehead atoms. The molecule has 0 rings (SSSR count).